The summed E-state index contributed by atoms with van der Waals surface area (Å²) in [5.74, 6) is -0.200. The number of hydrogen-bond donors (Lipinski definition) is 2. The first-order valence-corrected chi connectivity index (χ1v) is 9.17. The third kappa shape index (κ3) is 4.56. The largest absolute Gasteiger partial charge is 0.349 e. The van der Waals surface area contributed by atoms with E-state index in [0.717, 1.165) is 25.7 Å². The lowest BCUT2D eigenvalue weighted by molar-refractivity contribution is -0.113. The molecular weight excluding hydrogens is 340 g/mol. The van der Waals surface area contributed by atoms with E-state index in [1.165, 1.54) is 16.4 Å². The van der Waals surface area contributed by atoms with E-state index in [2.05, 4.69) is 26.2 Å². The van der Waals surface area contributed by atoms with Gasteiger partial charge in [0.05, 0.1) is 17.0 Å². The summed E-state index contributed by atoms with van der Waals surface area (Å²) in [6.45, 7) is 0. The Kier molecular flexibility index (Phi) is 5.64. The second-order valence-electron chi connectivity index (χ2n) is 5.92. The number of para-hydroxylation sites is 1. The number of aromatic nitrogens is 4. The summed E-state index contributed by atoms with van der Waals surface area (Å²) in [6, 6.07) is 7.27. The summed E-state index contributed by atoms with van der Waals surface area (Å²) in [7, 11) is 1.71. The second kappa shape index (κ2) is 8.11. The highest BCUT2D eigenvalue weighted by molar-refractivity contribution is 7.99. The van der Waals surface area contributed by atoms with Gasteiger partial charge in [0.1, 0.15) is 0 Å². The summed E-state index contributed by atoms with van der Waals surface area (Å²) in [5, 5.41) is 17.5. The standard InChI is InChI=1S/C16H20N6O2S/c1-22-16(19-20-21-22)25-10-14(23)18-13-9-5-4-8-12(13)15(24)17-11-6-2-3-7-11/h4-5,8-9,11H,2-3,6-7,10H2,1H3,(H,17,24)(H,18,23). The Morgan fingerprint density at radius 3 is 2.76 bits per heavy atom. The van der Waals surface area contributed by atoms with Crippen molar-refractivity contribution in [2.75, 3.05) is 11.1 Å². The Labute approximate surface area is 149 Å². The van der Waals surface area contributed by atoms with Crippen LogP contribution in [0.25, 0.3) is 0 Å². The third-order valence-corrected chi connectivity index (χ3v) is 5.06. The van der Waals surface area contributed by atoms with Crippen molar-refractivity contribution in [3.8, 4) is 0 Å². The van der Waals surface area contributed by atoms with Gasteiger partial charge < -0.3 is 10.6 Å². The van der Waals surface area contributed by atoms with Crippen LogP contribution in [0.2, 0.25) is 0 Å². The van der Waals surface area contributed by atoms with Gasteiger partial charge in [-0.25, -0.2) is 4.68 Å². The monoisotopic (exact) mass is 360 g/mol. The molecule has 1 saturated carbocycles. The van der Waals surface area contributed by atoms with Gasteiger partial charge >= 0.3 is 0 Å². The van der Waals surface area contributed by atoms with Crippen LogP contribution < -0.4 is 10.6 Å². The molecule has 0 atom stereocenters. The van der Waals surface area contributed by atoms with Crippen LogP contribution in [-0.4, -0.2) is 43.8 Å². The molecular formula is C16H20N6O2S. The van der Waals surface area contributed by atoms with E-state index in [9.17, 15) is 9.59 Å². The van der Waals surface area contributed by atoms with Gasteiger partial charge in [0, 0.05) is 13.1 Å². The first kappa shape index (κ1) is 17.4. The summed E-state index contributed by atoms with van der Waals surface area (Å²) in [4.78, 5) is 24.7. The van der Waals surface area contributed by atoms with E-state index in [4.69, 9.17) is 0 Å². The number of carbonyl (C=O) groups is 2. The van der Waals surface area contributed by atoms with E-state index in [1.54, 1.807) is 31.3 Å². The SMILES string of the molecule is Cn1nnnc1SCC(=O)Nc1ccccc1C(=O)NC1CCCC1. The highest BCUT2D eigenvalue weighted by Gasteiger charge is 2.20. The topological polar surface area (TPSA) is 102 Å². The number of nitrogens with zero attached hydrogens (tertiary/aromatic N) is 4. The van der Waals surface area contributed by atoms with E-state index in [-0.39, 0.29) is 23.6 Å². The minimum Gasteiger partial charge on any atom is -0.349 e. The van der Waals surface area contributed by atoms with Crippen LogP contribution in [0.3, 0.4) is 0 Å². The molecule has 1 fully saturated rings. The molecule has 1 heterocycles. The molecule has 0 radical (unpaired) electrons. The van der Waals surface area contributed by atoms with Crippen LogP contribution in [-0.2, 0) is 11.8 Å². The molecule has 2 N–H and O–H groups in total. The fourth-order valence-corrected chi connectivity index (χ4v) is 3.43. The lowest BCUT2D eigenvalue weighted by Crippen LogP contribution is -2.33. The minimum absolute atomic E-state index is 0.145. The molecule has 1 aromatic carbocycles. The predicted octanol–water partition coefficient (Wildman–Crippen LogP) is 1.61. The predicted molar refractivity (Wildman–Crippen MR) is 94.3 cm³/mol. The maximum atomic E-state index is 12.5. The Balaban J connectivity index is 1.60. The highest BCUT2D eigenvalue weighted by atomic mass is 32.2. The Bertz CT molecular complexity index is 757. The molecule has 132 valence electrons. The average molecular weight is 360 g/mol. The quantitative estimate of drug-likeness (QED) is 0.759. The van der Waals surface area contributed by atoms with Crippen LogP contribution in [0.4, 0.5) is 5.69 Å². The van der Waals surface area contributed by atoms with Gasteiger partial charge in [-0.15, -0.1) is 5.10 Å². The zero-order chi connectivity index (χ0) is 17.6. The molecule has 0 aliphatic heterocycles. The van der Waals surface area contributed by atoms with E-state index >= 15 is 0 Å². The second-order valence-corrected chi connectivity index (χ2v) is 6.86. The lowest BCUT2D eigenvalue weighted by atomic mass is 10.1. The molecule has 0 bridgehead atoms. The van der Waals surface area contributed by atoms with Crippen LogP contribution >= 0.6 is 11.8 Å². The highest BCUT2D eigenvalue weighted by Crippen LogP contribution is 2.21. The summed E-state index contributed by atoms with van der Waals surface area (Å²) in [5.41, 5.74) is 0.993. The molecule has 9 heteroatoms. The van der Waals surface area contributed by atoms with Gasteiger partial charge in [-0.2, -0.15) is 0 Å². The van der Waals surface area contributed by atoms with Gasteiger partial charge in [0.2, 0.25) is 11.1 Å². The maximum absolute atomic E-state index is 12.5. The molecule has 8 nitrogen and oxygen atoms in total. The Morgan fingerprint density at radius 1 is 1.28 bits per heavy atom. The molecule has 25 heavy (non-hydrogen) atoms. The van der Waals surface area contributed by atoms with Crippen molar-refractivity contribution >= 4 is 29.3 Å². The number of hydrogen-bond acceptors (Lipinski definition) is 6. The van der Waals surface area contributed by atoms with Crippen LogP contribution in [0.15, 0.2) is 29.4 Å². The van der Waals surface area contributed by atoms with Crippen molar-refractivity contribution in [1.29, 1.82) is 0 Å². The van der Waals surface area contributed by atoms with E-state index in [0.29, 0.717) is 16.4 Å². The van der Waals surface area contributed by atoms with Crippen LogP contribution in [0.5, 0.6) is 0 Å². The molecule has 0 unspecified atom stereocenters. The third-order valence-electron chi connectivity index (χ3n) is 4.05. The van der Waals surface area contributed by atoms with E-state index < -0.39 is 0 Å². The molecule has 2 amide bonds. The van der Waals surface area contributed by atoms with Gasteiger partial charge in [-0.05, 0) is 35.4 Å². The number of amides is 2. The number of tetrazole rings is 1. The molecule has 3 rings (SSSR count). The molecule has 1 aliphatic carbocycles. The number of rotatable bonds is 6. The number of carbonyl (C=O) groups excluding carboxylic acids is 2. The van der Waals surface area contributed by atoms with Crippen molar-refractivity contribution < 1.29 is 9.59 Å². The Hall–Kier alpha value is -2.42. The van der Waals surface area contributed by atoms with E-state index in [1.807, 2.05) is 0 Å². The molecule has 0 saturated heterocycles. The smallest absolute Gasteiger partial charge is 0.253 e. The fourth-order valence-electron chi connectivity index (χ4n) is 2.78. The van der Waals surface area contributed by atoms with Crippen molar-refractivity contribution in [3.63, 3.8) is 0 Å². The number of aryl methyl sites for hydroxylation is 1. The maximum Gasteiger partial charge on any atom is 0.253 e. The van der Waals surface area contributed by atoms with Gasteiger partial charge in [0.15, 0.2) is 0 Å². The van der Waals surface area contributed by atoms with Crippen LogP contribution in [0.1, 0.15) is 36.0 Å². The first-order valence-electron chi connectivity index (χ1n) is 8.18. The number of thioether (sulfide) groups is 1. The first-order chi connectivity index (χ1) is 12.1. The lowest BCUT2D eigenvalue weighted by Gasteiger charge is -2.15. The number of anilines is 1. The van der Waals surface area contributed by atoms with Crippen molar-refractivity contribution in [2.45, 2.75) is 36.9 Å². The fraction of sp³-hybridized carbons (Fsp3) is 0.438. The van der Waals surface area contributed by atoms with Crippen molar-refractivity contribution in [1.82, 2.24) is 25.5 Å². The zero-order valence-electron chi connectivity index (χ0n) is 13.9. The van der Waals surface area contributed by atoms with Gasteiger partial charge in [0.25, 0.3) is 5.91 Å². The van der Waals surface area contributed by atoms with Gasteiger partial charge in [-0.1, -0.05) is 36.7 Å². The molecule has 1 aliphatic rings. The summed E-state index contributed by atoms with van der Waals surface area (Å²) in [6.07, 6.45) is 4.33. The summed E-state index contributed by atoms with van der Waals surface area (Å²) < 4.78 is 1.50. The van der Waals surface area contributed by atoms with Crippen molar-refractivity contribution in [2.24, 2.45) is 7.05 Å². The summed E-state index contributed by atoms with van der Waals surface area (Å²) >= 11 is 1.24. The van der Waals surface area contributed by atoms with Gasteiger partial charge in [-0.3, -0.25) is 9.59 Å². The minimum atomic E-state index is -0.214. The molecule has 0 spiro atoms. The van der Waals surface area contributed by atoms with Crippen molar-refractivity contribution in [3.05, 3.63) is 29.8 Å². The van der Waals surface area contributed by atoms with Crippen LogP contribution in [0, 0.1) is 0 Å². The Morgan fingerprint density at radius 2 is 2.04 bits per heavy atom. The number of nitrogens with one attached hydrogen (secondary N) is 2. The average Bonchev–Trinajstić information content (AvgIpc) is 3.25. The zero-order valence-corrected chi connectivity index (χ0v) is 14.8. The number of benzene rings is 1. The normalized spacial score (nSPS) is 14.4. The molecule has 2 aromatic rings. The molecule has 1 aromatic heterocycles.